The number of rotatable bonds is 0. The van der Waals surface area contributed by atoms with E-state index in [2.05, 4.69) is 0 Å². The lowest BCUT2D eigenvalue weighted by Crippen LogP contribution is -2.06. The molecule has 0 saturated heterocycles. The lowest BCUT2D eigenvalue weighted by Gasteiger charge is -2.18. The average Bonchev–Trinajstić information content (AvgIpc) is 2.50. The summed E-state index contributed by atoms with van der Waals surface area (Å²) in [5.74, 6) is 0.909. The normalized spacial score (nSPS) is 27.9. The Morgan fingerprint density at radius 1 is 1.00 bits per heavy atom. The number of hydrogen-bond donors (Lipinski definition) is 0. The molecule has 1 saturated carbocycles. The maximum Gasteiger partial charge on any atom is 0.416 e. The van der Waals surface area contributed by atoms with Gasteiger partial charge in [0.25, 0.3) is 0 Å². The van der Waals surface area contributed by atoms with Crippen molar-refractivity contribution in [1.82, 2.24) is 0 Å². The summed E-state index contributed by atoms with van der Waals surface area (Å²) < 4.78 is 37.8. The lowest BCUT2D eigenvalue weighted by molar-refractivity contribution is -0.137. The van der Waals surface area contributed by atoms with E-state index in [1.807, 2.05) is 0 Å². The molecule has 0 spiro atoms. The molecule has 3 heteroatoms. The van der Waals surface area contributed by atoms with Gasteiger partial charge in [0.1, 0.15) is 0 Å². The number of hydrogen-bond acceptors (Lipinski definition) is 0. The second-order valence-electron chi connectivity index (χ2n) is 4.90. The van der Waals surface area contributed by atoms with Crippen LogP contribution in [-0.4, -0.2) is 0 Å². The molecule has 0 amide bonds. The predicted molar refractivity (Wildman–Crippen MR) is 55.4 cm³/mol. The Morgan fingerprint density at radius 3 is 2.38 bits per heavy atom. The molecule has 0 aliphatic heterocycles. The van der Waals surface area contributed by atoms with Crippen LogP contribution in [0.25, 0.3) is 0 Å². The molecule has 3 rings (SSSR count). The van der Waals surface area contributed by atoms with Crippen molar-refractivity contribution < 1.29 is 13.2 Å². The summed E-state index contributed by atoms with van der Waals surface area (Å²) in [4.78, 5) is 0. The first kappa shape index (κ1) is 10.2. The second-order valence-corrected chi connectivity index (χ2v) is 4.90. The average molecular weight is 226 g/mol. The summed E-state index contributed by atoms with van der Waals surface area (Å²) in [5, 5.41) is 0. The molecule has 0 unspecified atom stereocenters. The molecule has 1 aromatic rings. The minimum absolute atomic E-state index is 0.385. The molecule has 0 nitrogen and oxygen atoms in total. The van der Waals surface area contributed by atoms with Crippen LogP contribution >= 0.6 is 0 Å². The van der Waals surface area contributed by atoms with Crippen molar-refractivity contribution in [3.8, 4) is 0 Å². The highest BCUT2D eigenvalue weighted by Crippen LogP contribution is 2.51. The summed E-state index contributed by atoms with van der Waals surface area (Å²) in [6.07, 6.45) is 0.230. The highest BCUT2D eigenvalue weighted by atomic mass is 19.4. The van der Waals surface area contributed by atoms with E-state index in [0.717, 1.165) is 31.2 Å². The number of fused-ring (bicyclic) bond motifs is 5. The topological polar surface area (TPSA) is 0 Å². The number of halogens is 3. The van der Waals surface area contributed by atoms with E-state index in [-0.39, 0.29) is 0 Å². The Balaban J connectivity index is 2.07. The van der Waals surface area contributed by atoms with Gasteiger partial charge in [0, 0.05) is 0 Å². The van der Waals surface area contributed by atoms with Gasteiger partial charge in [-0.15, -0.1) is 0 Å². The second kappa shape index (κ2) is 3.25. The molecule has 2 atom stereocenters. The molecule has 2 bridgehead atoms. The van der Waals surface area contributed by atoms with Gasteiger partial charge in [-0.05, 0) is 54.4 Å². The van der Waals surface area contributed by atoms with Gasteiger partial charge in [0.05, 0.1) is 5.56 Å². The van der Waals surface area contributed by atoms with Gasteiger partial charge in [-0.25, -0.2) is 0 Å². The van der Waals surface area contributed by atoms with Crippen LogP contribution in [0.4, 0.5) is 13.2 Å². The Morgan fingerprint density at radius 2 is 1.69 bits per heavy atom. The molecule has 0 heterocycles. The van der Waals surface area contributed by atoms with E-state index in [4.69, 9.17) is 0 Å². The Hall–Kier alpha value is -0.990. The van der Waals surface area contributed by atoms with Crippen LogP contribution in [0.2, 0.25) is 0 Å². The third kappa shape index (κ3) is 1.45. The van der Waals surface area contributed by atoms with Gasteiger partial charge in [-0.2, -0.15) is 13.2 Å². The van der Waals surface area contributed by atoms with Crippen LogP contribution < -0.4 is 0 Å². The zero-order chi connectivity index (χ0) is 11.3. The first-order valence-corrected chi connectivity index (χ1v) is 5.77. The maximum atomic E-state index is 12.6. The van der Waals surface area contributed by atoms with Crippen molar-refractivity contribution >= 4 is 0 Å². The van der Waals surface area contributed by atoms with Crippen molar-refractivity contribution in [1.29, 1.82) is 0 Å². The van der Waals surface area contributed by atoms with Crippen LogP contribution in [0.5, 0.6) is 0 Å². The third-order valence-corrected chi connectivity index (χ3v) is 3.97. The lowest BCUT2D eigenvalue weighted by atomic mass is 9.87. The van der Waals surface area contributed by atoms with E-state index >= 15 is 0 Å². The summed E-state index contributed by atoms with van der Waals surface area (Å²) in [5.41, 5.74) is 1.66. The first-order chi connectivity index (χ1) is 7.55. The molecule has 0 aromatic heterocycles. The molecule has 2 aliphatic rings. The molecule has 0 N–H and O–H groups in total. The number of benzene rings is 1. The molecule has 1 aromatic carbocycles. The fourth-order valence-corrected chi connectivity index (χ4v) is 3.23. The van der Waals surface area contributed by atoms with Crippen LogP contribution in [0, 0.1) is 0 Å². The van der Waals surface area contributed by atoms with E-state index in [1.165, 1.54) is 17.7 Å². The molecule has 16 heavy (non-hydrogen) atoms. The molecule has 86 valence electrons. The van der Waals surface area contributed by atoms with Crippen molar-refractivity contribution in [2.24, 2.45) is 0 Å². The molecular weight excluding hydrogens is 213 g/mol. The Labute approximate surface area is 92.5 Å². The first-order valence-electron chi connectivity index (χ1n) is 5.77. The fourth-order valence-electron chi connectivity index (χ4n) is 3.23. The highest BCUT2D eigenvalue weighted by molar-refractivity contribution is 5.43. The van der Waals surface area contributed by atoms with Crippen molar-refractivity contribution in [2.75, 3.05) is 0 Å². The minimum Gasteiger partial charge on any atom is -0.166 e. The van der Waals surface area contributed by atoms with Gasteiger partial charge in [-0.1, -0.05) is 12.5 Å². The zero-order valence-electron chi connectivity index (χ0n) is 8.85. The fraction of sp³-hybridized carbons (Fsp3) is 0.538. The minimum atomic E-state index is -4.20. The van der Waals surface area contributed by atoms with Crippen molar-refractivity contribution in [2.45, 2.75) is 43.7 Å². The Kier molecular flexibility index (Phi) is 2.07. The van der Waals surface area contributed by atoms with Crippen molar-refractivity contribution in [3.05, 3.63) is 34.9 Å². The van der Waals surface area contributed by atoms with Gasteiger partial charge < -0.3 is 0 Å². The largest absolute Gasteiger partial charge is 0.416 e. The molecular formula is C13H13F3. The van der Waals surface area contributed by atoms with Gasteiger partial charge in [0.2, 0.25) is 0 Å². The van der Waals surface area contributed by atoms with E-state index < -0.39 is 11.7 Å². The van der Waals surface area contributed by atoms with Crippen LogP contribution in [0.3, 0.4) is 0 Å². The van der Waals surface area contributed by atoms with Crippen LogP contribution in [-0.2, 0) is 6.18 Å². The summed E-state index contributed by atoms with van der Waals surface area (Å²) >= 11 is 0. The standard InChI is InChI=1S/C13H13F3/c14-13(15,16)10-4-5-11-8-2-1-3-9(6-8)12(11)7-10/h4-5,7-9H,1-3,6H2/t8-,9-/m1/s1. The highest BCUT2D eigenvalue weighted by Gasteiger charge is 2.37. The summed E-state index contributed by atoms with van der Waals surface area (Å²) in [6, 6.07) is 4.32. The smallest absolute Gasteiger partial charge is 0.166 e. The molecule has 0 radical (unpaired) electrons. The van der Waals surface area contributed by atoms with Crippen LogP contribution in [0.1, 0.15) is 54.2 Å². The zero-order valence-corrected chi connectivity index (χ0v) is 8.85. The van der Waals surface area contributed by atoms with Gasteiger partial charge in [0.15, 0.2) is 0 Å². The van der Waals surface area contributed by atoms with E-state index in [0.29, 0.717) is 11.8 Å². The Bertz CT molecular complexity index is 420. The summed E-state index contributed by atoms with van der Waals surface area (Å²) in [7, 11) is 0. The molecule has 2 aliphatic carbocycles. The predicted octanol–water partition coefficient (Wildman–Crippen LogP) is 4.46. The third-order valence-electron chi connectivity index (χ3n) is 3.97. The monoisotopic (exact) mass is 226 g/mol. The van der Waals surface area contributed by atoms with E-state index in [1.54, 1.807) is 6.07 Å². The van der Waals surface area contributed by atoms with Gasteiger partial charge >= 0.3 is 6.18 Å². The maximum absolute atomic E-state index is 12.6. The molecule has 1 fully saturated rings. The number of alkyl halides is 3. The van der Waals surface area contributed by atoms with E-state index in [9.17, 15) is 13.2 Å². The van der Waals surface area contributed by atoms with Crippen LogP contribution in [0.15, 0.2) is 18.2 Å². The summed E-state index contributed by atoms with van der Waals surface area (Å²) in [6.45, 7) is 0. The van der Waals surface area contributed by atoms with Crippen molar-refractivity contribution in [3.63, 3.8) is 0 Å². The van der Waals surface area contributed by atoms with Gasteiger partial charge in [-0.3, -0.25) is 0 Å². The SMILES string of the molecule is FC(F)(F)c1ccc2c(c1)[C@@H]1CCC[C@@H]2C1. The quantitative estimate of drug-likeness (QED) is 0.612.